The minimum absolute atomic E-state index is 0. The van der Waals surface area contributed by atoms with E-state index in [9.17, 15) is 0 Å². The van der Waals surface area contributed by atoms with Gasteiger partial charge in [0, 0.05) is 48.5 Å². The van der Waals surface area contributed by atoms with Crippen LogP contribution in [-0.4, -0.2) is 57.4 Å². The molecule has 6 nitrogen and oxygen atoms in total. The molecule has 1 aromatic heterocycles. The van der Waals surface area contributed by atoms with Crippen molar-refractivity contribution >= 4 is 41.3 Å². The molecular weight excluding hydrogens is 511 g/mol. The van der Waals surface area contributed by atoms with Crippen molar-refractivity contribution in [2.24, 2.45) is 4.99 Å². The smallest absolute Gasteiger partial charge is 0.191 e. The summed E-state index contributed by atoms with van der Waals surface area (Å²) in [5.74, 6) is 1.72. The van der Waals surface area contributed by atoms with E-state index in [0.717, 1.165) is 63.1 Å². The lowest BCUT2D eigenvalue weighted by Gasteiger charge is -2.26. The highest BCUT2D eigenvalue weighted by molar-refractivity contribution is 14.0. The molecule has 1 aromatic carbocycles. The van der Waals surface area contributed by atoms with E-state index in [1.165, 1.54) is 9.75 Å². The number of ether oxygens (including phenoxy) is 2. The summed E-state index contributed by atoms with van der Waals surface area (Å²) >= 11 is 1.85. The predicted octanol–water partition coefficient (Wildman–Crippen LogP) is 3.50. The Morgan fingerprint density at radius 3 is 2.57 bits per heavy atom. The Labute approximate surface area is 201 Å². The van der Waals surface area contributed by atoms with Gasteiger partial charge in [0.05, 0.1) is 19.8 Å². The second-order valence-corrected chi connectivity index (χ2v) is 8.16. The van der Waals surface area contributed by atoms with Gasteiger partial charge in [-0.05, 0) is 24.6 Å². The van der Waals surface area contributed by atoms with E-state index < -0.39 is 0 Å². The number of hydrogen-bond acceptors (Lipinski definition) is 5. The monoisotopic (exact) mass is 544 g/mol. The average molecular weight is 545 g/mol. The van der Waals surface area contributed by atoms with Gasteiger partial charge in [0.2, 0.25) is 0 Å². The Bertz CT molecular complexity index is 778. The minimum atomic E-state index is 0. The molecule has 166 valence electrons. The van der Waals surface area contributed by atoms with Crippen LogP contribution >= 0.6 is 35.3 Å². The van der Waals surface area contributed by atoms with Crippen LogP contribution in [0.25, 0.3) is 0 Å². The molecule has 2 N–H and O–H groups in total. The number of morpholine rings is 1. The van der Waals surface area contributed by atoms with Crippen LogP contribution in [0.15, 0.2) is 41.4 Å². The number of halogens is 1. The fourth-order valence-electron chi connectivity index (χ4n) is 3.18. The predicted molar refractivity (Wildman–Crippen MR) is 135 cm³/mol. The van der Waals surface area contributed by atoms with Gasteiger partial charge >= 0.3 is 0 Å². The van der Waals surface area contributed by atoms with Gasteiger partial charge in [-0.15, -0.1) is 35.3 Å². The summed E-state index contributed by atoms with van der Waals surface area (Å²) in [4.78, 5) is 9.44. The molecule has 0 bridgehead atoms. The van der Waals surface area contributed by atoms with Gasteiger partial charge in [-0.1, -0.05) is 25.1 Å². The average Bonchev–Trinajstić information content (AvgIpc) is 3.24. The van der Waals surface area contributed by atoms with E-state index in [1.54, 1.807) is 7.05 Å². The van der Waals surface area contributed by atoms with Crippen LogP contribution in [0.4, 0.5) is 0 Å². The van der Waals surface area contributed by atoms with Gasteiger partial charge in [-0.25, -0.2) is 0 Å². The molecule has 1 saturated heterocycles. The van der Waals surface area contributed by atoms with Crippen LogP contribution in [0.1, 0.15) is 22.2 Å². The maximum Gasteiger partial charge on any atom is 0.191 e. The molecule has 0 saturated carbocycles. The first-order chi connectivity index (χ1) is 14.3. The van der Waals surface area contributed by atoms with E-state index in [0.29, 0.717) is 13.2 Å². The number of aryl methyl sites for hydroxylation is 1. The van der Waals surface area contributed by atoms with Gasteiger partial charge < -0.3 is 20.1 Å². The number of hydrogen-bond donors (Lipinski definition) is 2. The van der Waals surface area contributed by atoms with E-state index in [-0.39, 0.29) is 24.0 Å². The van der Waals surface area contributed by atoms with Crippen molar-refractivity contribution in [1.29, 1.82) is 0 Å². The lowest BCUT2D eigenvalue weighted by molar-refractivity contribution is 0.0322. The zero-order valence-electron chi connectivity index (χ0n) is 17.9. The number of guanidine groups is 1. The van der Waals surface area contributed by atoms with Crippen molar-refractivity contribution in [1.82, 2.24) is 15.5 Å². The minimum Gasteiger partial charge on any atom is -0.492 e. The van der Waals surface area contributed by atoms with Crippen molar-refractivity contribution in [3.63, 3.8) is 0 Å². The molecule has 2 heterocycles. The number of thiophene rings is 1. The maximum absolute atomic E-state index is 6.07. The first kappa shape index (κ1) is 24.9. The molecule has 1 aliphatic heterocycles. The third kappa shape index (κ3) is 8.05. The van der Waals surface area contributed by atoms with Crippen molar-refractivity contribution in [2.45, 2.75) is 26.4 Å². The third-order valence-electron chi connectivity index (χ3n) is 4.91. The van der Waals surface area contributed by atoms with Gasteiger partial charge in [-0.2, -0.15) is 0 Å². The largest absolute Gasteiger partial charge is 0.492 e. The molecule has 0 unspecified atom stereocenters. The SMILES string of the molecule is CCc1ccc(CNC(=NC)NCc2ccccc2OCCN2CCOCC2)s1.I. The number of nitrogens with one attached hydrogen (secondary N) is 2. The fraction of sp³-hybridized carbons (Fsp3) is 0.500. The second kappa shape index (κ2) is 13.8. The lowest BCUT2D eigenvalue weighted by atomic mass is 10.2. The van der Waals surface area contributed by atoms with Crippen LogP contribution < -0.4 is 15.4 Å². The Balaban J connectivity index is 0.00000320. The van der Waals surface area contributed by atoms with Crippen LogP contribution in [0, 0.1) is 0 Å². The summed E-state index contributed by atoms with van der Waals surface area (Å²) in [5, 5.41) is 6.78. The lowest BCUT2D eigenvalue weighted by Crippen LogP contribution is -2.38. The van der Waals surface area contributed by atoms with Gasteiger partial charge in [0.25, 0.3) is 0 Å². The third-order valence-corrected chi connectivity index (χ3v) is 6.14. The normalized spacial score (nSPS) is 14.8. The molecule has 0 atom stereocenters. The summed E-state index contributed by atoms with van der Waals surface area (Å²) < 4.78 is 11.5. The summed E-state index contributed by atoms with van der Waals surface area (Å²) in [7, 11) is 1.80. The zero-order valence-corrected chi connectivity index (χ0v) is 21.0. The van der Waals surface area contributed by atoms with E-state index in [4.69, 9.17) is 9.47 Å². The number of aliphatic imine (C=N–C) groups is 1. The van der Waals surface area contributed by atoms with Crippen LogP contribution in [0.2, 0.25) is 0 Å². The molecule has 0 spiro atoms. The molecular formula is C22H33IN4O2S. The summed E-state index contributed by atoms with van der Waals surface area (Å²) in [5.41, 5.74) is 1.13. The Morgan fingerprint density at radius 1 is 1.10 bits per heavy atom. The molecule has 0 radical (unpaired) electrons. The highest BCUT2D eigenvalue weighted by Gasteiger charge is 2.11. The van der Waals surface area contributed by atoms with Crippen LogP contribution in [-0.2, 0) is 24.2 Å². The highest BCUT2D eigenvalue weighted by Crippen LogP contribution is 2.18. The van der Waals surface area contributed by atoms with E-state index >= 15 is 0 Å². The number of nitrogens with zero attached hydrogens (tertiary/aromatic N) is 2. The van der Waals surface area contributed by atoms with Crippen molar-refractivity contribution in [3.8, 4) is 5.75 Å². The number of para-hydroxylation sites is 1. The van der Waals surface area contributed by atoms with Crippen LogP contribution in [0.5, 0.6) is 5.75 Å². The zero-order chi connectivity index (χ0) is 20.3. The van der Waals surface area contributed by atoms with Crippen molar-refractivity contribution in [2.75, 3.05) is 46.5 Å². The van der Waals surface area contributed by atoms with E-state index in [2.05, 4.69) is 45.6 Å². The number of rotatable bonds is 9. The second-order valence-electron chi connectivity index (χ2n) is 6.91. The van der Waals surface area contributed by atoms with Gasteiger partial charge in [0.15, 0.2) is 5.96 Å². The molecule has 1 aliphatic rings. The molecule has 8 heteroatoms. The highest BCUT2D eigenvalue weighted by atomic mass is 127. The molecule has 0 aliphatic carbocycles. The Morgan fingerprint density at radius 2 is 1.83 bits per heavy atom. The fourth-order valence-corrected chi connectivity index (χ4v) is 4.08. The van der Waals surface area contributed by atoms with Crippen molar-refractivity contribution < 1.29 is 9.47 Å². The summed E-state index contributed by atoms with van der Waals surface area (Å²) in [6.45, 7) is 8.84. The molecule has 1 fully saturated rings. The number of benzene rings is 1. The molecule has 0 amide bonds. The Hall–Kier alpha value is -1.36. The van der Waals surface area contributed by atoms with E-state index in [1.807, 2.05) is 29.5 Å². The Kier molecular flexibility index (Phi) is 11.5. The molecule has 2 aromatic rings. The summed E-state index contributed by atoms with van der Waals surface area (Å²) in [6, 6.07) is 12.6. The molecule has 30 heavy (non-hydrogen) atoms. The molecule has 3 rings (SSSR count). The maximum atomic E-state index is 6.07. The van der Waals surface area contributed by atoms with Gasteiger partial charge in [-0.3, -0.25) is 9.89 Å². The first-order valence-corrected chi connectivity index (χ1v) is 11.1. The topological polar surface area (TPSA) is 58.1 Å². The first-order valence-electron chi connectivity index (χ1n) is 10.3. The standard InChI is InChI=1S/C22H32N4O2S.HI/c1-3-19-8-9-20(29-19)17-25-22(23-2)24-16-18-6-4-5-7-21(18)28-15-12-26-10-13-27-14-11-26;/h4-9H,3,10-17H2,1-2H3,(H2,23,24,25);1H. The summed E-state index contributed by atoms with van der Waals surface area (Å²) in [6.07, 6.45) is 1.08. The van der Waals surface area contributed by atoms with Gasteiger partial charge in [0.1, 0.15) is 12.4 Å². The quantitative estimate of drug-likeness (QED) is 0.288. The van der Waals surface area contributed by atoms with Crippen LogP contribution in [0.3, 0.4) is 0 Å². The van der Waals surface area contributed by atoms with Crippen molar-refractivity contribution in [3.05, 3.63) is 51.7 Å².